The lowest BCUT2D eigenvalue weighted by molar-refractivity contribution is 0.693. The van der Waals surface area contributed by atoms with Crippen molar-refractivity contribution in [3.63, 3.8) is 0 Å². The molecule has 1 aliphatic rings. The first-order valence-corrected chi connectivity index (χ1v) is 7.91. The molecule has 2 aromatic rings. The fourth-order valence-electron chi connectivity index (χ4n) is 2.97. The Morgan fingerprint density at radius 2 is 1.62 bits per heavy atom. The molecule has 1 heterocycles. The van der Waals surface area contributed by atoms with Crippen LogP contribution in [-0.4, -0.2) is 13.1 Å². The van der Waals surface area contributed by atoms with Gasteiger partial charge in [0.2, 0.25) is 0 Å². The van der Waals surface area contributed by atoms with Gasteiger partial charge >= 0.3 is 0 Å². The second kappa shape index (κ2) is 6.77. The summed E-state index contributed by atoms with van der Waals surface area (Å²) in [7, 11) is 0. The third-order valence-corrected chi connectivity index (χ3v) is 4.15. The molecule has 0 spiro atoms. The van der Waals surface area contributed by atoms with Crippen LogP contribution in [-0.2, 0) is 13.1 Å². The smallest absolute Gasteiger partial charge is 0.0366 e. The van der Waals surface area contributed by atoms with Gasteiger partial charge < -0.3 is 10.2 Å². The Kier molecular flexibility index (Phi) is 4.56. The molecule has 21 heavy (non-hydrogen) atoms. The summed E-state index contributed by atoms with van der Waals surface area (Å²) in [5.74, 6) is 0. The summed E-state index contributed by atoms with van der Waals surface area (Å²) in [5.41, 5.74) is 5.40. The molecule has 0 aliphatic carbocycles. The second-order valence-electron chi connectivity index (χ2n) is 5.95. The Labute approximate surface area is 127 Å². The minimum absolute atomic E-state index is 0.925. The van der Waals surface area contributed by atoms with Gasteiger partial charge in [0.25, 0.3) is 0 Å². The molecule has 1 aliphatic heterocycles. The fourth-order valence-corrected chi connectivity index (χ4v) is 2.97. The molecule has 2 nitrogen and oxygen atoms in total. The molecule has 1 fully saturated rings. The van der Waals surface area contributed by atoms with Crippen molar-refractivity contribution in [2.75, 3.05) is 18.0 Å². The number of rotatable bonds is 5. The molecular formula is C19H24N2. The van der Waals surface area contributed by atoms with E-state index < -0.39 is 0 Å². The number of benzene rings is 2. The molecule has 0 bridgehead atoms. The molecule has 0 saturated carbocycles. The predicted octanol–water partition coefficient (Wildman–Crippen LogP) is 3.89. The number of aryl methyl sites for hydroxylation is 1. The van der Waals surface area contributed by atoms with Crippen molar-refractivity contribution in [1.29, 1.82) is 0 Å². The van der Waals surface area contributed by atoms with Crippen LogP contribution in [0.5, 0.6) is 0 Å². The molecule has 1 N–H and O–H groups in total. The summed E-state index contributed by atoms with van der Waals surface area (Å²) in [5, 5.41) is 3.52. The van der Waals surface area contributed by atoms with Crippen LogP contribution in [0.2, 0.25) is 0 Å². The van der Waals surface area contributed by atoms with Crippen LogP contribution in [0.1, 0.15) is 29.5 Å². The largest absolute Gasteiger partial charge is 0.372 e. The van der Waals surface area contributed by atoms with E-state index in [0.717, 1.165) is 13.1 Å². The van der Waals surface area contributed by atoms with Crippen molar-refractivity contribution in [1.82, 2.24) is 5.32 Å². The highest BCUT2D eigenvalue weighted by atomic mass is 15.1. The van der Waals surface area contributed by atoms with Gasteiger partial charge in [-0.1, -0.05) is 42.0 Å². The first-order chi connectivity index (χ1) is 10.3. The highest BCUT2D eigenvalue weighted by Gasteiger charge is 2.11. The van der Waals surface area contributed by atoms with Crippen LogP contribution in [0.4, 0.5) is 5.69 Å². The highest BCUT2D eigenvalue weighted by molar-refractivity contribution is 5.48. The van der Waals surface area contributed by atoms with Crippen molar-refractivity contribution < 1.29 is 0 Å². The van der Waals surface area contributed by atoms with Gasteiger partial charge in [0, 0.05) is 31.9 Å². The fraction of sp³-hybridized carbons (Fsp3) is 0.368. The van der Waals surface area contributed by atoms with Gasteiger partial charge in [-0.05, 0) is 43.0 Å². The number of hydrogen-bond acceptors (Lipinski definition) is 2. The highest BCUT2D eigenvalue weighted by Crippen LogP contribution is 2.20. The van der Waals surface area contributed by atoms with Crippen molar-refractivity contribution >= 4 is 5.69 Å². The molecule has 2 aromatic carbocycles. The van der Waals surface area contributed by atoms with E-state index in [0.29, 0.717) is 0 Å². The van der Waals surface area contributed by atoms with E-state index in [9.17, 15) is 0 Å². The maximum atomic E-state index is 3.52. The molecule has 0 atom stereocenters. The monoisotopic (exact) mass is 280 g/mol. The zero-order valence-corrected chi connectivity index (χ0v) is 12.8. The van der Waals surface area contributed by atoms with Crippen LogP contribution in [0.3, 0.4) is 0 Å². The quantitative estimate of drug-likeness (QED) is 0.894. The number of hydrogen-bond donors (Lipinski definition) is 1. The Morgan fingerprint density at radius 3 is 2.33 bits per heavy atom. The van der Waals surface area contributed by atoms with Crippen molar-refractivity contribution in [3.05, 3.63) is 65.2 Å². The SMILES string of the molecule is Cc1cccc(CNCc2ccc(N3CCCC3)cc2)c1. The normalized spacial score (nSPS) is 14.6. The number of nitrogens with zero attached hydrogens (tertiary/aromatic N) is 1. The van der Waals surface area contributed by atoms with Gasteiger partial charge in [-0.2, -0.15) is 0 Å². The molecule has 2 heteroatoms. The summed E-state index contributed by atoms with van der Waals surface area (Å²) in [6, 6.07) is 17.7. The summed E-state index contributed by atoms with van der Waals surface area (Å²) in [6.07, 6.45) is 2.67. The van der Waals surface area contributed by atoms with E-state index >= 15 is 0 Å². The van der Waals surface area contributed by atoms with Crippen molar-refractivity contribution in [2.24, 2.45) is 0 Å². The average molecular weight is 280 g/mol. The standard InChI is InChI=1S/C19H24N2/c1-16-5-4-6-18(13-16)15-20-14-17-7-9-19(10-8-17)21-11-2-3-12-21/h4-10,13,20H,2-3,11-12,14-15H2,1H3. The zero-order chi connectivity index (χ0) is 14.5. The molecule has 0 unspecified atom stereocenters. The van der Waals surface area contributed by atoms with E-state index in [2.05, 4.69) is 65.7 Å². The van der Waals surface area contributed by atoms with Gasteiger partial charge in [0.1, 0.15) is 0 Å². The Bertz CT molecular complexity index is 568. The van der Waals surface area contributed by atoms with Crippen LogP contribution < -0.4 is 10.2 Å². The Morgan fingerprint density at radius 1 is 0.905 bits per heavy atom. The third-order valence-electron chi connectivity index (χ3n) is 4.15. The predicted molar refractivity (Wildman–Crippen MR) is 89.6 cm³/mol. The van der Waals surface area contributed by atoms with E-state index in [4.69, 9.17) is 0 Å². The second-order valence-corrected chi connectivity index (χ2v) is 5.95. The topological polar surface area (TPSA) is 15.3 Å². The minimum atomic E-state index is 0.925. The summed E-state index contributed by atoms with van der Waals surface area (Å²) < 4.78 is 0. The van der Waals surface area contributed by atoms with Crippen molar-refractivity contribution in [2.45, 2.75) is 32.9 Å². The lowest BCUT2D eigenvalue weighted by Crippen LogP contribution is -2.17. The Balaban J connectivity index is 1.51. The number of anilines is 1. The third kappa shape index (κ3) is 3.85. The summed E-state index contributed by atoms with van der Waals surface area (Å²) in [6.45, 7) is 6.42. The lowest BCUT2D eigenvalue weighted by atomic mass is 10.1. The van der Waals surface area contributed by atoms with Gasteiger partial charge in [0.05, 0.1) is 0 Å². The van der Waals surface area contributed by atoms with Gasteiger partial charge in [-0.3, -0.25) is 0 Å². The average Bonchev–Trinajstić information content (AvgIpc) is 3.02. The molecule has 1 saturated heterocycles. The van der Waals surface area contributed by atoms with Crippen LogP contribution in [0, 0.1) is 6.92 Å². The van der Waals surface area contributed by atoms with E-state index in [1.165, 1.54) is 48.3 Å². The maximum absolute atomic E-state index is 3.52. The van der Waals surface area contributed by atoms with Gasteiger partial charge in [-0.25, -0.2) is 0 Å². The van der Waals surface area contributed by atoms with Crippen molar-refractivity contribution in [3.8, 4) is 0 Å². The lowest BCUT2D eigenvalue weighted by Gasteiger charge is -2.17. The minimum Gasteiger partial charge on any atom is -0.372 e. The molecule has 110 valence electrons. The summed E-state index contributed by atoms with van der Waals surface area (Å²) in [4.78, 5) is 2.48. The maximum Gasteiger partial charge on any atom is 0.0366 e. The Hall–Kier alpha value is -1.80. The first kappa shape index (κ1) is 14.2. The molecular weight excluding hydrogens is 256 g/mol. The first-order valence-electron chi connectivity index (χ1n) is 7.91. The van der Waals surface area contributed by atoms with E-state index in [1.807, 2.05) is 0 Å². The van der Waals surface area contributed by atoms with E-state index in [1.54, 1.807) is 0 Å². The zero-order valence-electron chi connectivity index (χ0n) is 12.8. The number of nitrogens with one attached hydrogen (secondary N) is 1. The van der Waals surface area contributed by atoms with Gasteiger partial charge in [-0.15, -0.1) is 0 Å². The van der Waals surface area contributed by atoms with Gasteiger partial charge in [0.15, 0.2) is 0 Å². The summed E-state index contributed by atoms with van der Waals surface area (Å²) >= 11 is 0. The van der Waals surface area contributed by atoms with Crippen LogP contribution >= 0.6 is 0 Å². The molecule has 0 radical (unpaired) electrons. The molecule has 0 amide bonds. The molecule has 3 rings (SSSR count). The van der Waals surface area contributed by atoms with Crippen LogP contribution in [0.15, 0.2) is 48.5 Å². The van der Waals surface area contributed by atoms with Crippen LogP contribution in [0.25, 0.3) is 0 Å². The molecule has 0 aromatic heterocycles. The van der Waals surface area contributed by atoms with E-state index in [-0.39, 0.29) is 0 Å².